The molecule has 5 heteroatoms. The molecule has 102 valence electrons. The van der Waals surface area contributed by atoms with Gasteiger partial charge in [-0.15, -0.1) is 0 Å². The van der Waals surface area contributed by atoms with Gasteiger partial charge in [-0.1, -0.05) is 18.2 Å². The summed E-state index contributed by atoms with van der Waals surface area (Å²) in [6.07, 6.45) is -0.582. The molecule has 0 bridgehead atoms. The van der Waals surface area contributed by atoms with Crippen LogP contribution in [0.25, 0.3) is 0 Å². The molecule has 2 aromatic carbocycles. The van der Waals surface area contributed by atoms with Crippen molar-refractivity contribution in [3.63, 3.8) is 0 Å². The lowest BCUT2D eigenvalue weighted by atomic mass is 9.94. The van der Waals surface area contributed by atoms with Gasteiger partial charge in [-0.3, -0.25) is 0 Å². The second-order valence-corrected chi connectivity index (χ2v) is 4.39. The third-order valence-electron chi connectivity index (χ3n) is 3.18. The number of halogens is 1. The highest BCUT2D eigenvalue weighted by Crippen LogP contribution is 2.42. The van der Waals surface area contributed by atoms with Crippen LogP contribution in [-0.2, 0) is 4.74 Å². The number of fused-ring (bicyclic) bond motifs is 2. The Bertz CT molecular complexity index is 672. The number of benzene rings is 2. The van der Waals surface area contributed by atoms with Crippen LogP contribution in [0.15, 0.2) is 42.5 Å². The maximum atomic E-state index is 13.5. The van der Waals surface area contributed by atoms with Gasteiger partial charge in [0.05, 0.1) is 13.2 Å². The maximum Gasteiger partial charge on any atom is 0.407 e. The number of methoxy groups -OCH3 is 1. The summed E-state index contributed by atoms with van der Waals surface area (Å²) >= 11 is 0. The van der Waals surface area contributed by atoms with E-state index in [9.17, 15) is 9.18 Å². The predicted molar refractivity (Wildman–Crippen MR) is 70.3 cm³/mol. The van der Waals surface area contributed by atoms with Gasteiger partial charge in [-0.05, 0) is 24.3 Å². The van der Waals surface area contributed by atoms with Crippen molar-refractivity contribution >= 4 is 6.09 Å². The second-order valence-electron chi connectivity index (χ2n) is 4.39. The Balaban J connectivity index is 2.11. The molecule has 4 nitrogen and oxygen atoms in total. The summed E-state index contributed by atoms with van der Waals surface area (Å²) in [5.74, 6) is 0.767. The monoisotopic (exact) mass is 273 g/mol. The predicted octanol–water partition coefficient (Wildman–Crippen LogP) is 3.38. The van der Waals surface area contributed by atoms with Gasteiger partial charge in [0.15, 0.2) is 0 Å². The lowest BCUT2D eigenvalue weighted by Gasteiger charge is -2.28. The van der Waals surface area contributed by atoms with Crippen molar-refractivity contribution in [2.45, 2.75) is 6.04 Å². The van der Waals surface area contributed by atoms with Crippen molar-refractivity contribution in [3.05, 3.63) is 59.4 Å². The largest absolute Gasteiger partial charge is 0.457 e. The summed E-state index contributed by atoms with van der Waals surface area (Å²) in [7, 11) is 1.28. The molecule has 0 spiro atoms. The number of hydrogen-bond acceptors (Lipinski definition) is 3. The van der Waals surface area contributed by atoms with Gasteiger partial charge < -0.3 is 14.8 Å². The lowest BCUT2D eigenvalue weighted by molar-refractivity contribution is 0.167. The van der Waals surface area contributed by atoms with Crippen LogP contribution in [0.4, 0.5) is 9.18 Å². The fraction of sp³-hybridized carbons (Fsp3) is 0.133. The Kier molecular flexibility index (Phi) is 3.02. The van der Waals surface area contributed by atoms with E-state index in [4.69, 9.17) is 4.74 Å². The molecule has 0 aromatic heterocycles. The summed E-state index contributed by atoms with van der Waals surface area (Å²) < 4.78 is 23.8. The van der Waals surface area contributed by atoms with E-state index in [1.54, 1.807) is 12.1 Å². The minimum absolute atomic E-state index is 0.386. The van der Waals surface area contributed by atoms with E-state index in [1.165, 1.54) is 19.2 Å². The third kappa shape index (κ3) is 2.07. The van der Waals surface area contributed by atoms with Crippen molar-refractivity contribution < 1.29 is 18.7 Å². The van der Waals surface area contributed by atoms with Crippen molar-refractivity contribution in [1.29, 1.82) is 0 Å². The maximum absolute atomic E-state index is 13.5. The van der Waals surface area contributed by atoms with Crippen LogP contribution in [0.2, 0.25) is 0 Å². The first-order valence-electron chi connectivity index (χ1n) is 6.10. The number of carbonyl (C=O) groups excluding carboxylic acids is 1. The highest BCUT2D eigenvalue weighted by Gasteiger charge is 2.28. The van der Waals surface area contributed by atoms with E-state index in [0.29, 0.717) is 17.1 Å². The first kappa shape index (κ1) is 12.5. The first-order chi connectivity index (χ1) is 9.69. The number of rotatable bonds is 1. The topological polar surface area (TPSA) is 47.6 Å². The summed E-state index contributed by atoms with van der Waals surface area (Å²) in [5.41, 5.74) is 1.32. The molecule has 0 fully saturated rings. The third-order valence-corrected chi connectivity index (χ3v) is 3.18. The van der Waals surface area contributed by atoms with Crippen molar-refractivity contribution in [2.24, 2.45) is 0 Å². The smallest absolute Gasteiger partial charge is 0.407 e. The molecule has 1 N–H and O–H groups in total. The fourth-order valence-electron chi connectivity index (χ4n) is 2.27. The van der Waals surface area contributed by atoms with Gasteiger partial charge in [-0.2, -0.15) is 0 Å². The molecular weight excluding hydrogens is 261 g/mol. The van der Waals surface area contributed by atoms with E-state index < -0.39 is 12.1 Å². The summed E-state index contributed by atoms with van der Waals surface area (Å²) in [6.45, 7) is 0. The van der Waals surface area contributed by atoms with Crippen LogP contribution < -0.4 is 10.1 Å². The van der Waals surface area contributed by atoms with Gasteiger partial charge in [0.25, 0.3) is 0 Å². The minimum Gasteiger partial charge on any atom is -0.457 e. The quantitative estimate of drug-likeness (QED) is 0.866. The summed E-state index contributed by atoms with van der Waals surface area (Å²) in [6, 6.07) is 11.0. The van der Waals surface area contributed by atoms with Crippen LogP contribution >= 0.6 is 0 Å². The Morgan fingerprint density at radius 1 is 1.20 bits per heavy atom. The number of hydrogen-bond donors (Lipinski definition) is 1. The number of ether oxygens (including phenoxy) is 2. The lowest BCUT2D eigenvalue weighted by Crippen LogP contribution is -2.31. The van der Waals surface area contributed by atoms with Gasteiger partial charge in [0, 0.05) is 11.1 Å². The number of nitrogens with one attached hydrogen (secondary N) is 1. The molecule has 1 aliphatic rings. The number of alkyl carbamates (subject to hydrolysis) is 1. The summed E-state index contributed by atoms with van der Waals surface area (Å²) in [4.78, 5) is 11.5. The Labute approximate surface area is 115 Å². The minimum atomic E-state index is -0.582. The van der Waals surface area contributed by atoms with Crippen molar-refractivity contribution in [2.75, 3.05) is 7.11 Å². The molecule has 0 saturated heterocycles. The highest BCUT2D eigenvalue weighted by atomic mass is 19.1. The van der Waals surface area contributed by atoms with Gasteiger partial charge in [0.2, 0.25) is 0 Å². The molecule has 3 rings (SSSR count). The molecule has 1 aliphatic heterocycles. The molecule has 2 aromatic rings. The molecule has 1 atom stereocenters. The van der Waals surface area contributed by atoms with Crippen LogP contribution in [0.5, 0.6) is 11.5 Å². The van der Waals surface area contributed by atoms with Crippen molar-refractivity contribution in [3.8, 4) is 11.5 Å². The zero-order valence-corrected chi connectivity index (χ0v) is 10.7. The van der Waals surface area contributed by atoms with Crippen LogP contribution in [-0.4, -0.2) is 13.2 Å². The zero-order chi connectivity index (χ0) is 14.1. The van der Waals surface area contributed by atoms with Gasteiger partial charge >= 0.3 is 6.09 Å². The fourth-order valence-corrected chi connectivity index (χ4v) is 2.27. The Morgan fingerprint density at radius 2 is 1.95 bits per heavy atom. The standard InChI is InChI=1S/C15H12FNO3/c1-19-15(18)17-14-10-4-2-3-5-12(10)20-13-7-6-9(16)8-11(13)14/h2-8,14H,1H3,(H,17,18). The molecule has 0 saturated carbocycles. The zero-order valence-electron chi connectivity index (χ0n) is 10.7. The SMILES string of the molecule is COC(=O)NC1c2ccccc2Oc2ccc(F)cc21. The average Bonchev–Trinajstić information content (AvgIpc) is 2.47. The van der Waals surface area contributed by atoms with Crippen molar-refractivity contribution in [1.82, 2.24) is 5.32 Å². The molecule has 0 radical (unpaired) electrons. The molecule has 1 heterocycles. The van der Waals surface area contributed by atoms with Crippen LogP contribution in [0.3, 0.4) is 0 Å². The molecule has 0 aliphatic carbocycles. The molecule has 1 unspecified atom stereocenters. The van der Waals surface area contributed by atoms with E-state index >= 15 is 0 Å². The molecular formula is C15H12FNO3. The normalized spacial score (nSPS) is 15.6. The first-order valence-corrected chi connectivity index (χ1v) is 6.10. The Hall–Kier alpha value is -2.56. The van der Waals surface area contributed by atoms with E-state index in [2.05, 4.69) is 10.1 Å². The van der Waals surface area contributed by atoms with E-state index in [1.807, 2.05) is 18.2 Å². The second kappa shape index (κ2) is 4.85. The Morgan fingerprint density at radius 3 is 2.75 bits per heavy atom. The molecule has 1 amide bonds. The van der Waals surface area contributed by atoms with E-state index in [-0.39, 0.29) is 5.82 Å². The highest BCUT2D eigenvalue weighted by molar-refractivity contribution is 5.70. The number of amides is 1. The number of carbonyl (C=O) groups is 1. The number of para-hydroxylation sites is 1. The van der Waals surface area contributed by atoms with Gasteiger partial charge in [-0.25, -0.2) is 9.18 Å². The van der Waals surface area contributed by atoms with Crippen LogP contribution in [0, 0.1) is 5.82 Å². The summed E-state index contributed by atoms with van der Waals surface area (Å²) in [5, 5.41) is 2.70. The average molecular weight is 273 g/mol. The van der Waals surface area contributed by atoms with Crippen LogP contribution in [0.1, 0.15) is 17.2 Å². The van der Waals surface area contributed by atoms with Gasteiger partial charge in [0.1, 0.15) is 17.3 Å². The molecule has 20 heavy (non-hydrogen) atoms. The van der Waals surface area contributed by atoms with E-state index in [0.717, 1.165) is 5.56 Å².